The number of hydrogen-bond donors (Lipinski definition) is 0. The second-order valence-electron chi connectivity index (χ2n) is 9.57. The minimum atomic E-state index is -0.464. The fraction of sp³-hybridized carbons (Fsp3) is 0.0938. The van der Waals surface area contributed by atoms with Gasteiger partial charge < -0.3 is 18.6 Å². The van der Waals surface area contributed by atoms with E-state index in [1.54, 1.807) is 72.8 Å². The number of halogens is 1. The molecule has 0 aliphatic heterocycles. The fourth-order valence-corrected chi connectivity index (χ4v) is 4.81. The number of aromatic nitrogens is 2. The molecule has 2 aromatic heterocycles. The van der Waals surface area contributed by atoms with Gasteiger partial charge in [-0.3, -0.25) is 14.9 Å². The van der Waals surface area contributed by atoms with E-state index in [-0.39, 0.29) is 23.7 Å². The van der Waals surface area contributed by atoms with Gasteiger partial charge in [0.15, 0.2) is 17.3 Å². The average molecular weight is 611 g/mol. The highest BCUT2D eigenvalue weighted by atomic mass is 35.5. The lowest BCUT2D eigenvalue weighted by Gasteiger charge is -2.15. The normalized spacial score (nSPS) is 11.3. The molecule has 0 radical (unpaired) electrons. The van der Waals surface area contributed by atoms with Gasteiger partial charge in [-0.25, -0.2) is 4.98 Å². The molecule has 0 aliphatic carbocycles. The van der Waals surface area contributed by atoms with E-state index in [2.05, 4.69) is 5.10 Å². The van der Waals surface area contributed by atoms with Crippen LogP contribution in [0.1, 0.15) is 11.1 Å². The number of nitro groups is 1. The number of hydrogen-bond acceptors (Lipinski definition) is 9. The van der Waals surface area contributed by atoms with Crippen LogP contribution in [-0.4, -0.2) is 35.0 Å². The van der Waals surface area contributed by atoms with Gasteiger partial charge in [-0.15, -0.1) is 0 Å². The van der Waals surface area contributed by atoms with Crippen molar-refractivity contribution in [1.29, 1.82) is 0 Å². The van der Waals surface area contributed by atoms with Crippen molar-refractivity contribution in [3.8, 4) is 28.8 Å². The number of benzene rings is 4. The van der Waals surface area contributed by atoms with Crippen LogP contribution in [0.25, 0.3) is 33.5 Å². The minimum Gasteiger partial charge on any atom is -0.493 e. The summed E-state index contributed by atoms with van der Waals surface area (Å²) < 4.78 is 24.3. The van der Waals surface area contributed by atoms with Crippen LogP contribution in [0.3, 0.4) is 0 Å². The van der Waals surface area contributed by atoms with E-state index in [4.69, 9.17) is 35.2 Å². The maximum atomic E-state index is 13.6. The molecule has 0 fully saturated rings. The van der Waals surface area contributed by atoms with E-state index >= 15 is 0 Å². The third kappa shape index (κ3) is 5.55. The van der Waals surface area contributed by atoms with Gasteiger partial charge in [-0.05, 0) is 66.2 Å². The largest absolute Gasteiger partial charge is 0.493 e. The molecule has 0 atom stereocenters. The van der Waals surface area contributed by atoms with Crippen molar-refractivity contribution < 1.29 is 23.6 Å². The summed E-state index contributed by atoms with van der Waals surface area (Å²) in [5, 5.41) is 17.2. The van der Waals surface area contributed by atoms with Crippen LogP contribution in [0, 0.1) is 10.1 Å². The van der Waals surface area contributed by atoms with Crippen molar-refractivity contribution in [2.75, 3.05) is 14.2 Å². The Balaban J connectivity index is 1.38. The second kappa shape index (κ2) is 11.9. The lowest BCUT2D eigenvalue weighted by Crippen LogP contribution is -2.20. The summed E-state index contributed by atoms with van der Waals surface area (Å²) in [6.07, 6.45) is 1.48. The Kier molecular flexibility index (Phi) is 7.69. The average Bonchev–Trinajstić information content (AvgIpc) is 3.46. The SMILES string of the molecule is COc1cc(C=Nn2c(-c3cc4cc(Cl)ccc4o3)nc3ccccc3c2=O)cc(OC)c1OCc1ccc([N+](=O)[O-])cc1. The first kappa shape index (κ1) is 28.4. The van der Waals surface area contributed by atoms with E-state index in [1.165, 1.54) is 37.2 Å². The van der Waals surface area contributed by atoms with E-state index < -0.39 is 4.92 Å². The Morgan fingerprint density at radius 1 is 1.00 bits per heavy atom. The molecule has 11 nitrogen and oxygen atoms in total. The summed E-state index contributed by atoms with van der Waals surface area (Å²) >= 11 is 6.17. The molecule has 0 amide bonds. The highest BCUT2D eigenvalue weighted by Crippen LogP contribution is 2.39. The first-order valence-electron chi connectivity index (χ1n) is 13.2. The van der Waals surface area contributed by atoms with Crippen LogP contribution in [0.15, 0.2) is 99.2 Å². The number of ether oxygens (including phenoxy) is 3. The fourth-order valence-electron chi connectivity index (χ4n) is 4.63. The molecule has 220 valence electrons. The lowest BCUT2D eigenvalue weighted by molar-refractivity contribution is -0.384. The van der Waals surface area contributed by atoms with Crippen LogP contribution < -0.4 is 19.8 Å². The number of methoxy groups -OCH3 is 2. The first-order valence-corrected chi connectivity index (χ1v) is 13.6. The molecule has 0 aliphatic rings. The van der Waals surface area contributed by atoms with Gasteiger partial charge >= 0.3 is 0 Å². The highest BCUT2D eigenvalue weighted by molar-refractivity contribution is 6.31. The van der Waals surface area contributed by atoms with Crippen LogP contribution >= 0.6 is 11.6 Å². The molecule has 44 heavy (non-hydrogen) atoms. The number of furan rings is 1. The smallest absolute Gasteiger partial charge is 0.282 e. The monoisotopic (exact) mass is 610 g/mol. The number of para-hydroxylation sites is 1. The molecule has 12 heteroatoms. The van der Waals surface area contributed by atoms with Crippen LogP contribution in [-0.2, 0) is 6.61 Å². The zero-order valence-electron chi connectivity index (χ0n) is 23.4. The number of fused-ring (bicyclic) bond motifs is 2. The molecule has 2 heterocycles. The number of nitro benzene ring substituents is 1. The minimum absolute atomic E-state index is 0.0128. The van der Waals surface area contributed by atoms with E-state index in [1.807, 2.05) is 0 Å². The van der Waals surface area contributed by atoms with Gasteiger partial charge in [-0.1, -0.05) is 23.7 Å². The molecule has 4 aromatic carbocycles. The van der Waals surface area contributed by atoms with E-state index in [0.29, 0.717) is 55.6 Å². The summed E-state index contributed by atoms with van der Waals surface area (Å²) in [6, 6.07) is 23.4. The second-order valence-corrected chi connectivity index (χ2v) is 10.0. The van der Waals surface area contributed by atoms with Crippen molar-refractivity contribution in [2.45, 2.75) is 6.61 Å². The molecule has 0 saturated heterocycles. The highest BCUT2D eigenvalue weighted by Gasteiger charge is 2.18. The molecule has 0 spiro atoms. The molecule has 0 bridgehead atoms. The molecular weight excluding hydrogens is 588 g/mol. The number of rotatable bonds is 9. The molecule has 0 N–H and O–H groups in total. The van der Waals surface area contributed by atoms with Crippen LogP contribution in [0.5, 0.6) is 17.2 Å². The van der Waals surface area contributed by atoms with Crippen molar-refractivity contribution in [2.24, 2.45) is 5.10 Å². The quantitative estimate of drug-likeness (QED) is 0.0986. The first-order chi connectivity index (χ1) is 21.3. The van der Waals surface area contributed by atoms with Crippen molar-refractivity contribution in [3.63, 3.8) is 0 Å². The van der Waals surface area contributed by atoms with Crippen molar-refractivity contribution in [1.82, 2.24) is 9.66 Å². The molecule has 0 saturated carbocycles. The van der Waals surface area contributed by atoms with Crippen LogP contribution in [0.2, 0.25) is 5.02 Å². The Hall–Kier alpha value is -5.68. The van der Waals surface area contributed by atoms with Crippen molar-refractivity contribution in [3.05, 3.63) is 122 Å². The Labute approximate surface area is 254 Å². The maximum absolute atomic E-state index is 13.6. The topological polar surface area (TPSA) is 131 Å². The van der Waals surface area contributed by atoms with Gasteiger partial charge in [0, 0.05) is 28.1 Å². The zero-order chi connectivity index (χ0) is 30.8. The van der Waals surface area contributed by atoms with Gasteiger partial charge in [0.1, 0.15) is 12.2 Å². The summed E-state index contributed by atoms with van der Waals surface area (Å²) in [7, 11) is 2.97. The lowest BCUT2D eigenvalue weighted by atomic mass is 10.2. The van der Waals surface area contributed by atoms with Crippen LogP contribution in [0.4, 0.5) is 5.69 Å². The molecule has 6 rings (SSSR count). The Morgan fingerprint density at radius 2 is 1.73 bits per heavy atom. The summed E-state index contributed by atoms with van der Waals surface area (Å²) in [4.78, 5) is 28.8. The summed E-state index contributed by atoms with van der Waals surface area (Å²) in [5.74, 6) is 1.58. The summed E-state index contributed by atoms with van der Waals surface area (Å²) in [5.41, 5.74) is 1.94. The Bertz CT molecular complexity index is 2100. The predicted molar refractivity (Wildman–Crippen MR) is 166 cm³/mol. The maximum Gasteiger partial charge on any atom is 0.282 e. The number of nitrogens with zero attached hydrogens (tertiary/aromatic N) is 4. The Morgan fingerprint density at radius 3 is 2.43 bits per heavy atom. The van der Waals surface area contributed by atoms with Gasteiger partial charge in [0.05, 0.1) is 36.3 Å². The number of non-ortho nitro benzene ring substituents is 1. The van der Waals surface area contributed by atoms with Gasteiger partial charge in [0.25, 0.3) is 11.2 Å². The van der Waals surface area contributed by atoms with Crippen molar-refractivity contribution >= 4 is 45.4 Å². The third-order valence-corrected chi connectivity index (χ3v) is 7.02. The zero-order valence-corrected chi connectivity index (χ0v) is 24.1. The van der Waals surface area contributed by atoms with Gasteiger partial charge in [0.2, 0.25) is 11.6 Å². The third-order valence-electron chi connectivity index (χ3n) is 6.79. The molecule has 6 aromatic rings. The standard InChI is InChI=1S/C32H23ClN4O7/c1-41-27-13-20(14-28(42-2)30(27)43-18-19-7-10-23(11-8-19)37(39)40)17-34-36-31(35-25-6-4-3-5-24(25)32(36)38)29-16-21-15-22(33)9-12-26(21)44-29/h3-17H,18H2,1-2H3. The molecular formula is C32H23ClN4O7. The summed E-state index contributed by atoms with van der Waals surface area (Å²) in [6.45, 7) is 0.113. The van der Waals surface area contributed by atoms with Gasteiger partial charge in [-0.2, -0.15) is 9.78 Å². The van der Waals surface area contributed by atoms with E-state index in [9.17, 15) is 14.9 Å². The van der Waals surface area contributed by atoms with E-state index in [0.717, 1.165) is 5.39 Å². The predicted octanol–water partition coefficient (Wildman–Crippen LogP) is 6.85. The molecule has 0 unspecified atom stereocenters.